The molecule has 58 valence electrons. The van der Waals surface area contributed by atoms with E-state index >= 15 is 0 Å². The Bertz CT molecular complexity index is 111. The monoisotopic (exact) mass is 204 g/mol. The molecule has 0 fully saturated rings. The Morgan fingerprint density at radius 3 is 1.20 bits per heavy atom. The number of phosphoric acid groups is 1. The van der Waals surface area contributed by atoms with Crippen molar-refractivity contribution in [1.82, 2.24) is 0 Å². The summed E-state index contributed by atoms with van der Waals surface area (Å²) < 4.78 is 17.3. The fourth-order valence-electron chi connectivity index (χ4n) is 0. The van der Waals surface area contributed by atoms with Gasteiger partial charge in [0.15, 0.2) is 0 Å². The standard InChI is InChI=1S/Al.H3O4P.H3O3P/c;1-5(2,3)4;1-4(2)3/h;(H3,1,2,3,4);4H,(H2,1,2,3)/q+3;;/p-3. The molecule has 0 saturated carbocycles. The van der Waals surface area contributed by atoms with Gasteiger partial charge in [-0.25, -0.2) is 0 Å². The molecule has 10 heavy (non-hydrogen) atoms. The van der Waals surface area contributed by atoms with E-state index < -0.39 is 16.1 Å². The molecule has 7 nitrogen and oxygen atoms in total. The summed E-state index contributed by atoms with van der Waals surface area (Å²) in [6, 6.07) is 0. The zero-order valence-corrected chi connectivity index (χ0v) is 7.51. The molecule has 0 aliphatic rings. The van der Waals surface area contributed by atoms with Gasteiger partial charge < -0.3 is 29.0 Å². The molecule has 0 aromatic rings. The second kappa shape index (κ2) is 7.89. The van der Waals surface area contributed by atoms with Crippen molar-refractivity contribution in [2.45, 2.75) is 0 Å². The van der Waals surface area contributed by atoms with Gasteiger partial charge in [-0.1, -0.05) is 0 Å². The van der Waals surface area contributed by atoms with Crippen molar-refractivity contribution in [3.8, 4) is 0 Å². The van der Waals surface area contributed by atoms with E-state index in [1.807, 2.05) is 0 Å². The second-order valence-corrected chi connectivity index (χ2v) is 2.19. The summed E-state index contributed by atoms with van der Waals surface area (Å²) in [4.78, 5) is 40.0. The molecule has 0 aromatic heterocycles. The third-order valence-electron chi connectivity index (χ3n) is 0. The molecule has 0 spiro atoms. The van der Waals surface area contributed by atoms with Gasteiger partial charge in [0.25, 0.3) is 0 Å². The third kappa shape index (κ3) is 850. The van der Waals surface area contributed by atoms with Gasteiger partial charge >= 0.3 is 25.6 Å². The van der Waals surface area contributed by atoms with Crippen LogP contribution in [-0.4, -0.2) is 27.1 Å². The Kier molecular flexibility index (Phi) is 13.5. The molecule has 0 aromatic carbocycles. The summed E-state index contributed by atoms with van der Waals surface area (Å²) in [6.45, 7) is 0. The third-order valence-corrected chi connectivity index (χ3v) is 0. The first kappa shape index (κ1) is 17.0. The van der Waals surface area contributed by atoms with Crippen LogP contribution < -0.4 is 14.7 Å². The number of rotatable bonds is 0. The zero-order valence-electron chi connectivity index (χ0n) is 4.46. The predicted octanol–water partition coefficient (Wildman–Crippen LogP) is -3.84. The van der Waals surface area contributed by atoms with Crippen LogP contribution >= 0.6 is 16.1 Å². The minimum atomic E-state index is -5.39. The minimum Gasteiger partial charge on any atom is -0.822 e. The van der Waals surface area contributed by atoms with E-state index in [0.717, 1.165) is 0 Å². The van der Waals surface area contributed by atoms with E-state index in [1.54, 1.807) is 0 Å². The van der Waals surface area contributed by atoms with Crippen molar-refractivity contribution in [3.05, 3.63) is 0 Å². The van der Waals surface area contributed by atoms with Gasteiger partial charge in [-0.3, -0.25) is 4.57 Å². The Hall–Kier alpha value is 0.792. The second-order valence-electron chi connectivity index (χ2n) is 0.730. The Morgan fingerprint density at radius 2 is 1.20 bits per heavy atom. The average Bonchev–Trinajstić information content (AvgIpc) is 1.19. The van der Waals surface area contributed by atoms with Crippen molar-refractivity contribution in [2.24, 2.45) is 0 Å². The van der Waals surface area contributed by atoms with Crippen molar-refractivity contribution < 1.29 is 33.6 Å². The molecule has 0 radical (unpaired) electrons. The molecule has 0 aliphatic heterocycles. The smallest absolute Gasteiger partial charge is 0.822 e. The van der Waals surface area contributed by atoms with Crippen LogP contribution in [0.4, 0.5) is 0 Å². The van der Waals surface area contributed by atoms with Crippen LogP contribution in [-0.2, 0) is 9.13 Å². The van der Waals surface area contributed by atoms with Gasteiger partial charge in [-0.2, -0.15) is 7.82 Å². The molecule has 10 heteroatoms. The topological polar surface area (TPSA) is 144 Å². The summed E-state index contributed by atoms with van der Waals surface area (Å²) in [7, 11) is -8.52. The van der Waals surface area contributed by atoms with Crippen molar-refractivity contribution in [3.63, 3.8) is 0 Å². The van der Waals surface area contributed by atoms with Gasteiger partial charge in [0.05, 0.1) is 0 Å². The van der Waals surface area contributed by atoms with Crippen LogP contribution in [0.3, 0.4) is 0 Å². The van der Waals surface area contributed by atoms with Crippen LogP contribution in [0.2, 0.25) is 0 Å². The van der Waals surface area contributed by atoms with Gasteiger partial charge in [0, 0.05) is 0 Å². The van der Waals surface area contributed by atoms with E-state index in [1.165, 1.54) is 0 Å². The first-order chi connectivity index (χ1) is 3.73. The number of hydrogen-bond acceptors (Lipinski definition) is 5. The summed E-state index contributed by atoms with van der Waals surface area (Å²) in [5.74, 6) is 0. The molecule has 0 rings (SSSR count). The predicted molar refractivity (Wildman–Crippen MR) is 26.8 cm³/mol. The van der Waals surface area contributed by atoms with Gasteiger partial charge in [0.2, 0.25) is 0 Å². The van der Waals surface area contributed by atoms with E-state index in [0.29, 0.717) is 0 Å². The van der Waals surface area contributed by atoms with E-state index in [9.17, 15) is 0 Å². The van der Waals surface area contributed by atoms with Crippen molar-refractivity contribution >= 4 is 33.4 Å². The van der Waals surface area contributed by atoms with Crippen LogP contribution in [0.1, 0.15) is 0 Å². The van der Waals surface area contributed by atoms with E-state index in [2.05, 4.69) is 0 Å². The molecule has 2 N–H and O–H groups in total. The van der Waals surface area contributed by atoms with Crippen LogP contribution in [0.25, 0.3) is 0 Å². The van der Waals surface area contributed by atoms with Crippen LogP contribution in [0, 0.1) is 0 Å². The first-order valence-electron chi connectivity index (χ1n) is 1.38. The number of hydrogen-bond donors (Lipinski definition) is 2. The van der Waals surface area contributed by atoms with E-state index in [-0.39, 0.29) is 17.4 Å². The van der Waals surface area contributed by atoms with E-state index in [4.69, 9.17) is 33.6 Å². The van der Waals surface area contributed by atoms with Gasteiger partial charge in [0.1, 0.15) is 0 Å². The Balaban J connectivity index is -0.0000000910. The molecule has 0 aliphatic carbocycles. The first-order valence-corrected chi connectivity index (χ1v) is 4.14. The summed E-state index contributed by atoms with van der Waals surface area (Å²) in [6.07, 6.45) is 0. The maximum atomic E-state index is 8.74. The van der Waals surface area contributed by atoms with Gasteiger partial charge in [-0.15, -0.1) is 0 Å². The summed E-state index contributed by atoms with van der Waals surface area (Å²) in [5.41, 5.74) is 0. The summed E-state index contributed by atoms with van der Waals surface area (Å²) in [5, 5.41) is 0. The molecule has 0 saturated heterocycles. The fraction of sp³-hybridized carbons (Fsp3) is 0. The van der Waals surface area contributed by atoms with Crippen molar-refractivity contribution in [1.29, 1.82) is 0 Å². The SMILES string of the molecule is O=P([O-])([O-])[O-].O=[PH](O)O.[Al+3]. The van der Waals surface area contributed by atoms with Gasteiger partial charge in [-0.05, 0) is 0 Å². The van der Waals surface area contributed by atoms with Crippen LogP contribution in [0.15, 0.2) is 0 Å². The Morgan fingerprint density at radius 1 is 1.20 bits per heavy atom. The molecular weight excluding hydrogens is 201 g/mol. The molecule has 0 atom stereocenters. The largest absolute Gasteiger partial charge is 3.00 e. The molecule has 0 bridgehead atoms. The summed E-state index contributed by atoms with van der Waals surface area (Å²) >= 11 is 0. The molecule has 0 amide bonds. The minimum absolute atomic E-state index is 0. The molecule has 0 unspecified atom stereocenters. The molecular formula is H3AlO7P2. The van der Waals surface area contributed by atoms with Crippen LogP contribution in [0.5, 0.6) is 0 Å². The fourth-order valence-corrected chi connectivity index (χ4v) is 0. The Labute approximate surface area is 67.7 Å². The maximum Gasteiger partial charge on any atom is 3.00 e. The molecule has 0 heterocycles. The average molecular weight is 204 g/mol. The quantitative estimate of drug-likeness (QED) is 0.303. The van der Waals surface area contributed by atoms with Crippen molar-refractivity contribution in [2.75, 3.05) is 0 Å². The normalized spacial score (nSPS) is 9.40. The maximum absolute atomic E-state index is 8.74. The zero-order chi connectivity index (χ0) is 8.08.